The Morgan fingerprint density at radius 3 is 2.67 bits per heavy atom. The predicted octanol–water partition coefficient (Wildman–Crippen LogP) is -0.603. The third kappa shape index (κ3) is 4.71. The maximum absolute atomic E-state index is 11.7. The third-order valence-corrected chi connectivity index (χ3v) is 2.61. The molecule has 0 saturated carbocycles. The van der Waals surface area contributed by atoms with Gasteiger partial charge in [-0.1, -0.05) is 0 Å². The number of hydrogen-bond donors (Lipinski definition) is 2. The minimum atomic E-state index is -0.758. The highest BCUT2D eigenvalue weighted by atomic mass is 16.6. The van der Waals surface area contributed by atoms with Gasteiger partial charge in [-0.25, -0.2) is 0 Å². The van der Waals surface area contributed by atoms with Gasteiger partial charge in [0.1, 0.15) is 12.6 Å². The van der Waals surface area contributed by atoms with E-state index in [9.17, 15) is 24.5 Å². The fourth-order valence-corrected chi connectivity index (χ4v) is 1.58. The van der Waals surface area contributed by atoms with Crippen LogP contribution in [0.5, 0.6) is 0 Å². The van der Waals surface area contributed by atoms with Crippen molar-refractivity contribution in [3.8, 4) is 0 Å². The van der Waals surface area contributed by atoms with Crippen molar-refractivity contribution >= 4 is 17.5 Å². The van der Waals surface area contributed by atoms with Crippen molar-refractivity contribution in [3.63, 3.8) is 0 Å². The van der Waals surface area contributed by atoms with Crippen molar-refractivity contribution in [1.29, 1.82) is 0 Å². The van der Waals surface area contributed by atoms with E-state index in [4.69, 9.17) is 0 Å². The zero-order chi connectivity index (χ0) is 16.0. The molecule has 0 aliphatic rings. The largest absolute Gasteiger partial charge is 0.355 e. The molecule has 9 nitrogen and oxygen atoms in total. The number of pyridine rings is 1. The smallest absolute Gasteiger partial charge is 0.285 e. The number of nitrogens with one attached hydrogen (secondary N) is 2. The van der Waals surface area contributed by atoms with Crippen LogP contribution in [0.1, 0.15) is 13.8 Å². The molecule has 1 aromatic heterocycles. The molecule has 0 aliphatic heterocycles. The molecule has 0 aromatic carbocycles. The fraction of sp³-hybridized carbons (Fsp3) is 0.417. The van der Waals surface area contributed by atoms with Crippen LogP contribution in [0, 0.1) is 10.1 Å². The summed E-state index contributed by atoms with van der Waals surface area (Å²) in [6.07, 6.45) is 0.985. The summed E-state index contributed by atoms with van der Waals surface area (Å²) in [6.45, 7) is 3.28. The van der Waals surface area contributed by atoms with E-state index in [-0.39, 0.29) is 11.6 Å². The molecule has 114 valence electrons. The van der Waals surface area contributed by atoms with E-state index in [0.29, 0.717) is 6.54 Å². The number of rotatable bonds is 6. The summed E-state index contributed by atoms with van der Waals surface area (Å²) in [5, 5.41) is 15.6. The van der Waals surface area contributed by atoms with Crippen LogP contribution in [-0.2, 0) is 16.1 Å². The molecule has 1 aromatic rings. The van der Waals surface area contributed by atoms with E-state index >= 15 is 0 Å². The maximum Gasteiger partial charge on any atom is 0.285 e. The van der Waals surface area contributed by atoms with Crippen molar-refractivity contribution in [2.75, 3.05) is 6.54 Å². The number of likely N-dealkylation sites (N-methyl/N-ethyl adjacent to an activating group) is 1. The molecule has 0 saturated heterocycles. The van der Waals surface area contributed by atoms with Gasteiger partial charge in [-0.3, -0.25) is 29.1 Å². The summed E-state index contributed by atoms with van der Waals surface area (Å²) in [7, 11) is 0. The van der Waals surface area contributed by atoms with Crippen molar-refractivity contribution in [3.05, 3.63) is 38.8 Å². The highest BCUT2D eigenvalue weighted by Crippen LogP contribution is 2.06. The molecule has 1 heterocycles. The molecule has 2 N–H and O–H groups in total. The number of nitro groups is 1. The lowest BCUT2D eigenvalue weighted by Gasteiger charge is -2.13. The zero-order valence-electron chi connectivity index (χ0n) is 11.7. The van der Waals surface area contributed by atoms with E-state index in [1.807, 2.05) is 0 Å². The zero-order valence-corrected chi connectivity index (χ0v) is 11.7. The average Bonchev–Trinajstić information content (AvgIpc) is 2.41. The first-order valence-electron chi connectivity index (χ1n) is 6.27. The normalized spacial score (nSPS) is 11.5. The van der Waals surface area contributed by atoms with Crippen LogP contribution in [0.3, 0.4) is 0 Å². The Labute approximate surface area is 120 Å². The summed E-state index contributed by atoms with van der Waals surface area (Å²) >= 11 is 0. The third-order valence-electron chi connectivity index (χ3n) is 2.61. The topological polar surface area (TPSA) is 123 Å². The molecular weight excluding hydrogens is 280 g/mol. The van der Waals surface area contributed by atoms with Gasteiger partial charge >= 0.3 is 0 Å². The van der Waals surface area contributed by atoms with Crippen molar-refractivity contribution in [1.82, 2.24) is 15.2 Å². The number of nitrogens with zero attached hydrogens (tertiary/aromatic N) is 2. The lowest BCUT2D eigenvalue weighted by Crippen LogP contribution is -2.46. The van der Waals surface area contributed by atoms with E-state index < -0.39 is 29.0 Å². The fourth-order valence-electron chi connectivity index (χ4n) is 1.58. The molecule has 2 amide bonds. The maximum atomic E-state index is 11.7. The van der Waals surface area contributed by atoms with Gasteiger partial charge in [0.15, 0.2) is 0 Å². The minimum absolute atomic E-state index is 0.292. The highest BCUT2D eigenvalue weighted by Gasteiger charge is 2.16. The summed E-state index contributed by atoms with van der Waals surface area (Å²) < 4.78 is 0.915. The summed E-state index contributed by atoms with van der Waals surface area (Å²) in [6, 6.07) is 1.32. The Kier molecular flexibility index (Phi) is 5.58. The van der Waals surface area contributed by atoms with Crippen LogP contribution in [0.2, 0.25) is 0 Å². The van der Waals surface area contributed by atoms with E-state index in [1.165, 1.54) is 6.92 Å². The number of carbonyl (C=O) groups is 2. The molecular formula is C12H16N4O5. The van der Waals surface area contributed by atoms with Gasteiger partial charge in [-0.05, 0) is 13.8 Å². The van der Waals surface area contributed by atoms with E-state index in [1.54, 1.807) is 6.92 Å². The van der Waals surface area contributed by atoms with Crippen LogP contribution in [0.15, 0.2) is 23.1 Å². The van der Waals surface area contributed by atoms with Crippen LogP contribution >= 0.6 is 0 Å². The lowest BCUT2D eigenvalue weighted by molar-refractivity contribution is -0.385. The van der Waals surface area contributed by atoms with Gasteiger partial charge in [0.25, 0.3) is 11.2 Å². The van der Waals surface area contributed by atoms with Crippen molar-refractivity contribution in [2.24, 2.45) is 0 Å². The molecule has 0 radical (unpaired) electrons. The van der Waals surface area contributed by atoms with Gasteiger partial charge in [0.05, 0.1) is 11.1 Å². The monoisotopic (exact) mass is 296 g/mol. The Morgan fingerprint density at radius 2 is 2.10 bits per heavy atom. The quantitative estimate of drug-likeness (QED) is 0.536. The number of aromatic nitrogens is 1. The standard InChI is InChI=1S/C12H16N4O5/c1-3-13-12(19)8(2)14-10(17)7-15-6-9(16(20)21)4-5-11(15)18/h4-6,8H,3,7H2,1-2H3,(H,13,19)(H,14,17)/t8-/m0/s1. The summed E-state index contributed by atoms with van der Waals surface area (Å²) in [4.78, 5) is 44.7. The molecule has 0 fully saturated rings. The molecule has 0 unspecified atom stereocenters. The van der Waals surface area contributed by atoms with Gasteiger partial charge < -0.3 is 10.6 Å². The van der Waals surface area contributed by atoms with E-state index in [0.717, 1.165) is 22.9 Å². The highest BCUT2D eigenvalue weighted by molar-refractivity contribution is 5.87. The van der Waals surface area contributed by atoms with Crippen molar-refractivity contribution < 1.29 is 14.5 Å². The molecule has 1 rings (SSSR count). The van der Waals surface area contributed by atoms with Crippen molar-refractivity contribution in [2.45, 2.75) is 26.4 Å². The lowest BCUT2D eigenvalue weighted by atomic mass is 10.3. The van der Waals surface area contributed by atoms with Gasteiger partial charge in [-0.15, -0.1) is 0 Å². The molecule has 21 heavy (non-hydrogen) atoms. The second-order valence-electron chi connectivity index (χ2n) is 4.29. The number of carbonyl (C=O) groups excluding carboxylic acids is 2. The van der Waals surface area contributed by atoms with Crippen LogP contribution in [0.4, 0.5) is 5.69 Å². The Bertz CT molecular complexity index is 610. The molecule has 0 bridgehead atoms. The number of hydrogen-bond acceptors (Lipinski definition) is 5. The molecule has 9 heteroatoms. The molecule has 0 spiro atoms. The first kappa shape index (κ1) is 16.3. The Balaban J connectivity index is 2.75. The number of amides is 2. The molecule has 0 aliphatic carbocycles. The summed E-state index contributed by atoms with van der Waals surface area (Å²) in [5.74, 6) is -0.936. The van der Waals surface area contributed by atoms with Gasteiger partial charge in [0, 0.05) is 18.7 Å². The van der Waals surface area contributed by atoms with E-state index in [2.05, 4.69) is 10.6 Å². The Hall–Kier alpha value is -2.71. The second-order valence-corrected chi connectivity index (χ2v) is 4.29. The predicted molar refractivity (Wildman–Crippen MR) is 73.6 cm³/mol. The summed E-state index contributed by atoms with van der Waals surface area (Å²) in [5.41, 5.74) is -0.833. The first-order chi connectivity index (χ1) is 9.85. The average molecular weight is 296 g/mol. The van der Waals surface area contributed by atoms with Crippen LogP contribution in [0.25, 0.3) is 0 Å². The second kappa shape index (κ2) is 7.17. The van der Waals surface area contributed by atoms with Crippen LogP contribution < -0.4 is 16.2 Å². The SMILES string of the molecule is CCNC(=O)[C@H](C)NC(=O)Cn1cc([N+](=O)[O-])ccc1=O. The van der Waals surface area contributed by atoms with Gasteiger partial charge in [-0.2, -0.15) is 0 Å². The van der Waals surface area contributed by atoms with Gasteiger partial charge in [0.2, 0.25) is 11.8 Å². The van der Waals surface area contributed by atoms with Crippen LogP contribution in [-0.4, -0.2) is 33.9 Å². The molecule has 1 atom stereocenters. The minimum Gasteiger partial charge on any atom is -0.355 e. The Morgan fingerprint density at radius 1 is 1.43 bits per heavy atom. The first-order valence-corrected chi connectivity index (χ1v) is 6.27.